The largest absolute Gasteiger partial charge is 0.422 e. The molecular formula is C15H13F7. The number of benzene rings is 1. The smallest absolute Gasteiger partial charge is 0.203 e. The average Bonchev–Trinajstić information content (AvgIpc) is 2.40. The third-order valence-corrected chi connectivity index (χ3v) is 3.12. The maximum atomic E-state index is 13.9. The molecule has 7 heteroatoms. The molecule has 0 saturated heterocycles. The number of alkyl halides is 3. The van der Waals surface area contributed by atoms with Gasteiger partial charge in [-0.3, -0.25) is 0 Å². The van der Waals surface area contributed by atoms with Gasteiger partial charge in [-0.05, 0) is 25.3 Å². The lowest BCUT2D eigenvalue weighted by molar-refractivity contribution is -0.143. The zero-order valence-corrected chi connectivity index (χ0v) is 12.0. The van der Waals surface area contributed by atoms with E-state index in [1.54, 1.807) is 13.0 Å². The predicted molar refractivity (Wildman–Crippen MR) is 68.9 cm³/mol. The minimum atomic E-state index is -5.54. The predicted octanol–water partition coefficient (Wildman–Crippen LogP) is 5.88. The molecule has 0 heterocycles. The van der Waals surface area contributed by atoms with Gasteiger partial charge in [0.15, 0.2) is 23.3 Å². The van der Waals surface area contributed by atoms with Crippen molar-refractivity contribution in [1.29, 1.82) is 0 Å². The summed E-state index contributed by atoms with van der Waals surface area (Å²) in [5.74, 6) is -9.66. The van der Waals surface area contributed by atoms with E-state index in [1.165, 1.54) is 26.0 Å². The van der Waals surface area contributed by atoms with Crippen LogP contribution in [0.2, 0.25) is 0 Å². The van der Waals surface area contributed by atoms with Gasteiger partial charge in [0.05, 0.1) is 5.56 Å². The maximum absolute atomic E-state index is 13.9. The summed E-state index contributed by atoms with van der Waals surface area (Å²) in [6.07, 6.45) is -1.32. The molecule has 0 saturated carbocycles. The second-order valence-corrected chi connectivity index (χ2v) is 4.56. The van der Waals surface area contributed by atoms with Gasteiger partial charge in [0.2, 0.25) is 0 Å². The van der Waals surface area contributed by atoms with E-state index in [4.69, 9.17) is 0 Å². The Bertz CT molecular complexity index is 595. The van der Waals surface area contributed by atoms with Crippen molar-refractivity contribution in [2.24, 2.45) is 5.92 Å². The standard InChI is InChI=1S/C15H13F7/c1-4-6-7(3)8(5-2)9-11(16)13(18)10(15(20,21)22)14(19)12(9)17/h4-7H,1-3H3/b6-4-,8-5+. The zero-order valence-electron chi connectivity index (χ0n) is 12.0. The molecule has 0 aromatic heterocycles. The molecule has 0 radical (unpaired) electrons. The first-order valence-corrected chi connectivity index (χ1v) is 6.30. The van der Waals surface area contributed by atoms with Crippen molar-refractivity contribution in [2.75, 3.05) is 0 Å². The number of hydrogen-bond donors (Lipinski definition) is 0. The fraction of sp³-hybridized carbons (Fsp3) is 0.333. The molecule has 122 valence electrons. The van der Waals surface area contributed by atoms with Crippen LogP contribution in [0.3, 0.4) is 0 Å². The van der Waals surface area contributed by atoms with E-state index in [0.717, 1.165) is 0 Å². The van der Waals surface area contributed by atoms with Gasteiger partial charge in [-0.15, -0.1) is 0 Å². The number of hydrogen-bond acceptors (Lipinski definition) is 0. The topological polar surface area (TPSA) is 0 Å². The first-order chi connectivity index (χ1) is 10.1. The van der Waals surface area contributed by atoms with Gasteiger partial charge >= 0.3 is 6.18 Å². The molecule has 0 aliphatic carbocycles. The van der Waals surface area contributed by atoms with Gasteiger partial charge in [-0.25, -0.2) is 17.6 Å². The van der Waals surface area contributed by atoms with Gasteiger partial charge in [0.25, 0.3) is 0 Å². The summed E-state index contributed by atoms with van der Waals surface area (Å²) >= 11 is 0. The van der Waals surface area contributed by atoms with Crippen LogP contribution >= 0.6 is 0 Å². The van der Waals surface area contributed by atoms with Crippen LogP contribution in [0.15, 0.2) is 18.2 Å². The van der Waals surface area contributed by atoms with Crippen LogP contribution in [0.1, 0.15) is 31.9 Å². The first-order valence-electron chi connectivity index (χ1n) is 6.30. The molecule has 0 nitrogen and oxygen atoms in total. The summed E-state index contributed by atoms with van der Waals surface area (Å²) in [5, 5.41) is 0. The second kappa shape index (κ2) is 6.54. The molecule has 1 aromatic carbocycles. The Kier molecular flexibility index (Phi) is 5.43. The fourth-order valence-electron chi connectivity index (χ4n) is 2.16. The minimum Gasteiger partial charge on any atom is -0.203 e. The zero-order chi connectivity index (χ0) is 17.2. The number of halogens is 7. The molecule has 0 aliphatic rings. The van der Waals surface area contributed by atoms with Crippen LogP contribution < -0.4 is 0 Å². The highest BCUT2D eigenvalue weighted by Crippen LogP contribution is 2.39. The molecule has 1 unspecified atom stereocenters. The van der Waals surface area contributed by atoms with Crippen molar-refractivity contribution in [3.63, 3.8) is 0 Å². The van der Waals surface area contributed by atoms with E-state index in [-0.39, 0.29) is 5.57 Å². The molecule has 0 N–H and O–H groups in total. The molecule has 0 aliphatic heterocycles. The van der Waals surface area contributed by atoms with Crippen LogP contribution in [0.25, 0.3) is 5.57 Å². The van der Waals surface area contributed by atoms with Crippen molar-refractivity contribution in [3.8, 4) is 0 Å². The Balaban J connectivity index is 3.73. The molecular weight excluding hydrogens is 313 g/mol. The summed E-state index contributed by atoms with van der Waals surface area (Å²) in [7, 11) is 0. The van der Waals surface area contributed by atoms with E-state index in [9.17, 15) is 30.7 Å². The molecule has 1 aromatic rings. The SMILES string of the molecule is C/C=C\C(C)/C(=C\C)c1c(F)c(F)c(C(F)(F)F)c(F)c1F. The van der Waals surface area contributed by atoms with E-state index in [0.29, 0.717) is 0 Å². The van der Waals surface area contributed by atoms with Crippen molar-refractivity contribution in [2.45, 2.75) is 26.9 Å². The van der Waals surface area contributed by atoms with Crippen LogP contribution in [-0.4, -0.2) is 0 Å². The maximum Gasteiger partial charge on any atom is 0.422 e. The summed E-state index contributed by atoms with van der Waals surface area (Å²) in [6, 6.07) is 0. The van der Waals surface area contributed by atoms with Crippen LogP contribution in [0.5, 0.6) is 0 Å². The average molecular weight is 326 g/mol. The quantitative estimate of drug-likeness (QED) is 0.370. The summed E-state index contributed by atoms with van der Waals surface area (Å²) in [6.45, 7) is 4.47. The molecule has 1 atom stereocenters. The van der Waals surface area contributed by atoms with Gasteiger partial charge in [-0.1, -0.05) is 25.2 Å². The lowest BCUT2D eigenvalue weighted by Crippen LogP contribution is -2.17. The fourth-order valence-corrected chi connectivity index (χ4v) is 2.16. The third kappa shape index (κ3) is 3.18. The Morgan fingerprint density at radius 3 is 1.68 bits per heavy atom. The van der Waals surface area contributed by atoms with Crippen LogP contribution in [0.4, 0.5) is 30.7 Å². The highest BCUT2D eigenvalue weighted by molar-refractivity contribution is 5.70. The van der Waals surface area contributed by atoms with E-state index in [2.05, 4.69) is 0 Å². The monoisotopic (exact) mass is 326 g/mol. The van der Waals surface area contributed by atoms with Crippen molar-refractivity contribution < 1.29 is 30.7 Å². The highest BCUT2D eigenvalue weighted by atomic mass is 19.4. The van der Waals surface area contributed by atoms with Crippen molar-refractivity contribution in [1.82, 2.24) is 0 Å². The summed E-state index contributed by atoms with van der Waals surface area (Å²) in [5.41, 5.74) is -3.85. The molecule has 22 heavy (non-hydrogen) atoms. The Morgan fingerprint density at radius 2 is 1.36 bits per heavy atom. The van der Waals surface area contributed by atoms with Crippen molar-refractivity contribution in [3.05, 3.63) is 52.6 Å². The van der Waals surface area contributed by atoms with Gasteiger partial charge in [0.1, 0.15) is 5.56 Å². The molecule has 0 fully saturated rings. The molecule has 0 amide bonds. The molecule has 1 rings (SSSR count). The Labute approximate surface area is 122 Å². The number of allylic oxidation sites excluding steroid dienone is 4. The lowest BCUT2D eigenvalue weighted by atomic mass is 9.91. The van der Waals surface area contributed by atoms with E-state index < -0.39 is 46.5 Å². The normalized spacial score (nSPS) is 14.7. The third-order valence-electron chi connectivity index (χ3n) is 3.12. The van der Waals surface area contributed by atoms with Crippen molar-refractivity contribution >= 4 is 5.57 Å². The van der Waals surface area contributed by atoms with Gasteiger partial charge < -0.3 is 0 Å². The van der Waals surface area contributed by atoms with Gasteiger partial charge in [-0.2, -0.15) is 13.2 Å². The summed E-state index contributed by atoms with van der Waals surface area (Å²) < 4.78 is 92.6. The lowest BCUT2D eigenvalue weighted by Gasteiger charge is -2.18. The minimum absolute atomic E-state index is 0.153. The Hall–Kier alpha value is -1.79. The van der Waals surface area contributed by atoms with Gasteiger partial charge in [0, 0.05) is 0 Å². The van der Waals surface area contributed by atoms with E-state index >= 15 is 0 Å². The van der Waals surface area contributed by atoms with Crippen LogP contribution in [-0.2, 0) is 6.18 Å². The molecule has 0 spiro atoms. The van der Waals surface area contributed by atoms with E-state index in [1.807, 2.05) is 0 Å². The number of rotatable bonds is 3. The van der Waals surface area contributed by atoms with Crippen LogP contribution in [0, 0.1) is 29.2 Å². The second-order valence-electron chi connectivity index (χ2n) is 4.56. The highest BCUT2D eigenvalue weighted by Gasteiger charge is 2.42. The first kappa shape index (κ1) is 18.3. The summed E-state index contributed by atoms with van der Waals surface area (Å²) in [4.78, 5) is 0. The molecule has 0 bridgehead atoms. The Morgan fingerprint density at radius 1 is 0.909 bits per heavy atom.